The number of aliphatic hydroxyl groups is 3. The first-order valence-electron chi connectivity index (χ1n) is 26.9. The molecule has 1 saturated heterocycles. The highest BCUT2D eigenvalue weighted by atomic mass is 31.3. The molecule has 19 nitrogen and oxygen atoms in total. The van der Waals surface area contributed by atoms with Crippen molar-refractivity contribution in [3.8, 4) is 0 Å². The second-order valence-electron chi connectivity index (χ2n) is 19.0. The van der Waals surface area contributed by atoms with Crippen molar-refractivity contribution in [1.29, 1.82) is 0 Å². The van der Waals surface area contributed by atoms with Crippen molar-refractivity contribution >= 4 is 33.4 Å². The van der Waals surface area contributed by atoms with Crippen LogP contribution in [-0.2, 0) is 46.3 Å². The van der Waals surface area contributed by atoms with Gasteiger partial charge in [-0.05, 0) is 56.9 Å². The van der Waals surface area contributed by atoms with Crippen LogP contribution in [0.1, 0.15) is 175 Å². The van der Waals surface area contributed by atoms with Crippen molar-refractivity contribution in [3.63, 3.8) is 0 Å². The Labute approximate surface area is 445 Å². The molecular formula is C54H89N3O16P2. The number of aliphatic hydroxyl groups excluding tert-OH is 3. The highest BCUT2D eigenvalue weighted by Crippen LogP contribution is 2.60. The molecule has 0 aliphatic carbocycles. The van der Waals surface area contributed by atoms with E-state index < -0.39 is 89.8 Å². The van der Waals surface area contributed by atoms with Crippen molar-refractivity contribution in [2.24, 2.45) is 5.92 Å². The van der Waals surface area contributed by atoms with Gasteiger partial charge >= 0.3 is 33.3 Å². The standard InChI is InChI=1S/C54H89N3O16P2/c1-4-5-6-7-8-9-10-13-17-20-23-26-30-35-45(58)36-31-28-33-38-50(60)71-46(41-68-49(59)37-32-27-24-21-18-15-12-11-14-16-19-22-25-29-34-44(2)3)42-69-74(64,65)73-75(66,67)70-43-47-51(61)52(62)53(72-47)57-40-39-48(55)56-54(57)63/h5-6,8-9,13,17,23,26,28,30-31,35,39-40,44-47,51-53,58,61-62H,4,7,10-12,14-16,18-22,24-25,27,29,32-34,36-38,41-43H2,1-3H3,(H,64,65)(H,66,67)(H2,55,56,63)/b6-5-,9-8-,17-13-,26-23-,31-28-,35-30-/t45?,46-,47-,51-,52-,53-/m1/s1. The van der Waals surface area contributed by atoms with Gasteiger partial charge in [-0.15, -0.1) is 0 Å². The van der Waals surface area contributed by atoms with Crippen molar-refractivity contribution in [1.82, 2.24) is 9.55 Å². The van der Waals surface area contributed by atoms with E-state index in [-0.39, 0.29) is 31.5 Å². The van der Waals surface area contributed by atoms with Crippen LogP contribution < -0.4 is 11.4 Å². The fraction of sp³-hybridized carbons (Fsp3) is 0.667. The number of rotatable bonds is 43. The Kier molecular flexibility index (Phi) is 36.2. The van der Waals surface area contributed by atoms with E-state index in [0.29, 0.717) is 6.42 Å². The van der Waals surface area contributed by atoms with Crippen LogP contribution in [0.3, 0.4) is 0 Å². The molecule has 0 radical (unpaired) electrons. The van der Waals surface area contributed by atoms with E-state index in [1.165, 1.54) is 70.3 Å². The van der Waals surface area contributed by atoms with E-state index in [0.717, 1.165) is 68.0 Å². The Morgan fingerprint density at radius 2 is 1.32 bits per heavy atom. The van der Waals surface area contributed by atoms with Crippen molar-refractivity contribution in [2.75, 3.05) is 25.6 Å². The van der Waals surface area contributed by atoms with E-state index in [1.807, 2.05) is 12.2 Å². The molecule has 1 fully saturated rings. The number of hydrogen-bond donors (Lipinski definition) is 6. The number of nitrogens with zero attached hydrogens (tertiary/aromatic N) is 2. The molecule has 1 aliphatic heterocycles. The predicted octanol–water partition coefficient (Wildman–Crippen LogP) is 10.5. The van der Waals surface area contributed by atoms with Gasteiger partial charge in [-0.3, -0.25) is 23.2 Å². The van der Waals surface area contributed by atoms with Crippen LogP contribution in [0.4, 0.5) is 5.82 Å². The minimum atomic E-state index is -5.47. The van der Waals surface area contributed by atoms with Gasteiger partial charge in [0, 0.05) is 19.0 Å². The average molecular weight is 1100 g/mol. The van der Waals surface area contributed by atoms with Crippen LogP contribution in [0, 0.1) is 5.92 Å². The number of unbranched alkanes of at least 4 members (excludes halogenated alkanes) is 13. The molecule has 2 heterocycles. The van der Waals surface area contributed by atoms with Crippen molar-refractivity contribution in [3.05, 3.63) is 95.7 Å². The summed E-state index contributed by atoms with van der Waals surface area (Å²) in [7, 11) is -10.9. The SMILES string of the molecule is CC/C=C\C/C=C\C/C=C\C/C=C\C=C/C(O)C/C=C\CCC(=O)O[C@H](COC(=O)CCCCCCCCCCCCCCCCC(C)C)COP(=O)(O)OP(=O)(O)OC[C@H]1O[C@@H](n2ccc(N)nc2=O)[C@H](O)[C@@H]1O. The van der Waals surface area contributed by atoms with Crippen LogP contribution in [0.25, 0.3) is 0 Å². The molecule has 8 atom stereocenters. The van der Waals surface area contributed by atoms with Gasteiger partial charge < -0.3 is 45.1 Å². The lowest BCUT2D eigenvalue weighted by Gasteiger charge is -2.21. The number of phosphoric ester groups is 2. The molecule has 0 bridgehead atoms. The number of nitrogens with two attached hydrogens (primary N) is 1. The van der Waals surface area contributed by atoms with Crippen LogP contribution in [-0.4, -0.2) is 96.9 Å². The zero-order chi connectivity index (χ0) is 55.2. The maximum Gasteiger partial charge on any atom is 0.481 e. The van der Waals surface area contributed by atoms with E-state index in [2.05, 4.69) is 66.5 Å². The van der Waals surface area contributed by atoms with Gasteiger partial charge in [-0.25, -0.2) is 13.9 Å². The number of esters is 2. The van der Waals surface area contributed by atoms with Crippen molar-refractivity contribution < 1.29 is 71.4 Å². The maximum absolute atomic E-state index is 12.9. The number of phosphoric acid groups is 2. The molecular weight excluding hydrogens is 1010 g/mol. The summed E-state index contributed by atoms with van der Waals surface area (Å²) in [5.41, 5.74) is 4.58. The lowest BCUT2D eigenvalue weighted by molar-refractivity contribution is -0.161. The Balaban J connectivity index is 1.84. The summed E-state index contributed by atoms with van der Waals surface area (Å²) in [6, 6.07) is 1.24. The first-order chi connectivity index (χ1) is 35.9. The van der Waals surface area contributed by atoms with Gasteiger partial charge in [0.1, 0.15) is 30.7 Å². The third-order valence-electron chi connectivity index (χ3n) is 11.8. The molecule has 0 saturated carbocycles. The van der Waals surface area contributed by atoms with E-state index in [4.69, 9.17) is 29.0 Å². The zero-order valence-electron chi connectivity index (χ0n) is 44.6. The number of carbonyl (C=O) groups excluding carboxylic acids is 2. The normalized spacial score (nSPS) is 19.9. The molecule has 1 aromatic rings. The molecule has 0 amide bonds. The van der Waals surface area contributed by atoms with Crippen molar-refractivity contribution in [2.45, 2.75) is 205 Å². The molecule has 0 spiro atoms. The third-order valence-corrected chi connectivity index (χ3v) is 14.4. The largest absolute Gasteiger partial charge is 0.481 e. The Hall–Kier alpha value is -3.84. The average Bonchev–Trinajstić information content (AvgIpc) is 3.63. The van der Waals surface area contributed by atoms with E-state index >= 15 is 0 Å². The summed E-state index contributed by atoms with van der Waals surface area (Å²) in [5.74, 6) is -0.700. The maximum atomic E-state index is 12.9. The summed E-state index contributed by atoms with van der Waals surface area (Å²) in [6.07, 6.45) is 37.3. The van der Waals surface area contributed by atoms with Gasteiger partial charge in [0.25, 0.3) is 0 Å². The second-order valence-corrected chi connectivity index (χ2v) is 22.1. The zero-order valence-corrected chi connectivity index (χ0v) is 46.4. The molecule has 3 unspecified atom stereocenters. The first kappa shape index (κ1) is 67.3. The molecule has 426 valence electrons. The minimum absolute atomic E-state index is 0.0890. The Morgan fingerprint density at radius 3 is 1.92 bits per heavy atom. The van der Waals surface area contributed by atoms with Crippen LogP contribution in [0.5, 0.6) is 0 Å². The van der Waals surface area contributed by atoms with E-state index in [9.17, 15) is 48.6 Å². The summed E-state index contributed by atoms with van der Waals surface area (Å²) in [5, 5.41) is 31.2. The van der Waals surface area contributed by atoms with Gasteiger partial charge in [0.2, 0.25) is 0 Å². The highest BCUT2D eigenvalue weighted by Gasteiger charge is 2.46. The van der Waals surface area contributed by atoms with Crippen LogP contribution in [0.2, 0.25) is 0 Å². The number of aromatic nitrogens is 2. The number of carbonyl (C=O) groups is 2. The fourth-order valence-corrected chi connectivity index (χ4v) is 9.78. The van der Waals surface area contributed by atoms with Gasteiger partial charge in [-0.2, -0.15) is 9.29 Å². The monoisotopic (exact) mass is 1100 g/mol. The predicted molar refractivity (Wildman–Crippen MR) is 290 cm³/mol. The first-order valence-corrected chi connectivity index (χ1v) is 29.9. The second kappa shape index (κ2) is 40.4. The number of allylic oxidation sites excluding steroid dienone is 10. The number of nitrogen functional groups attached to an aromatic ring is 1. The molecule has 1 aliphatic rings. The molecule has 75 heavy (non-hydrogen) atoms. The quantitative estimate of drug-likeness (QED) is 0.0116. The summed E-state index contributed by atoms with van der Waals surface area (Å²) in [4.78, 5) is 62.0. The fourth-order valence-electron chi connectivity index (χ4n) is 7.67. The molecule has 1 aromatic heterocycles. The molecule has 21 heteroatoms. The molecule has 0 aromatic carbocycles. The molecule has 2 rings (SSSR count). The van der Waals surface area contributed by atoms with Crippen LogP contribution >= 0.6 is 15.6 Å². The lowest BCUT2D eigenvalue weighted by atomic mass is 10.0. The Bertz CT molecular complexity index is 2070. The smallest absolute Gasteiger partial charge is 0.462 e. The van der Waals surface area contributed by atoms with Crippen LogP contribution in [0.15, 0.2) is 90.0 Å². The molecule has 7 N–H and O–H groups in total. The minimum Gasteiger partial charge on any atom is -0.462 e. The van der Waals surface area contributed by atoms with Gasteiger partial charge in [-0.1, -0.05) is 184 Å². The third kappa shape index (κ3) is 33.8. The Morgan fingerprint density at radius 1 is 0.747 bits per heavy atom. The van der Waals surface area contributed by atoms with Gasteiger partial charge in [0.05, 0.1) is 19.3 Å². The number of anilines is 1. The van der Waals surface area contributed by atoms with Gasteiger partial charge in [0.15, 0.2) is 12.3 Å². The topological polar surface area (TPSA) is 286 Å². The number of hydrogen-bond acceptors (Lipinski definition) is 16. The summed E-state index contributed by atoms with van der Waals surface area (Å²) >= 11 is 0. The lowest BCUT2D eigenvalue weighted by Crippen LogP contribution is -2.36. The van der Waals surface area contributed by atoms with E-state index in [1.54, 1.807) is 24.3 Å². The number of ether oxygens (including phenoxy) is 3. The summed E-state index contributed by atoms with van der Waals surface area (Å²) in [6.45, 7) is 4.20. The highest BCUT2D eigenvalue weighted by molar-refractivity contribution is 7.61. The summed E-state index contributed by atoms with van der Waals surface area (Å²) < 4.78 is 56.7.